The molecular weight excluding hydrogens is 356 g/mol. The summed E-state index contributed by atoms with van der Waals surface area (Å²) in [4.78, 5) is 40.3. The van der Waals surface area contributed by atoms with Gasteiger partial charge in [-0.3, -0.25) is 14.5 Å². The summed E-state index contributed by atoms with van der Waals surface area (Å²) in [6.07, 6.45) is 3.21. The van der Waals surface area contributed by atoms with Gasteiger partial charge in [-0.1, -0.05) is 58.5 Å². The highest BCUT2D eigenvalue weighted by molar-refractivity contribution is 6.25. The summed E-state index contributed by atoms with van der Waals surface area (Å²) in [5, 5.41) is 10.4. The maximum absolute atomic E-state index is 12.4. The van der Waals surface area contributed by atoms with E-state index in [0.29, 0.717) is 0 Å². The van der Waals surface area contributed by atoms with Crippen LogP contribution in [0.3, 0.4) is 0 Å². The van der Waals surface area contributed by atoms with Crippen LogP contribution in [-0.4, -0.2) is 38.8 Å². The third kappa shape index (κ3) is 4.22. The number of carbonyl (C=O) groups is 3. The number of amides is 2. The average Bonchev–Trinajstić information content (AvgIpc) is 3.22. The summed E-state index contributed by atoms with van der Waals surface area (Å²) in [6.45, 7) is 13.2. The van der Waals surface area contributed by atoms with Crippen LogP contribution in [0.25, 0.3) is 10.9 Å². The molecular formula is C22H28N2O4. The second-order valence-electron chi connectivity index (χ2n) is 5.58. The number of aliphatic carboxylic acids is 1. The van der Waals surface area contributed by atoms with Gasteiger partial charge >= 0.3 is 5.97 Å². The quantitative estimate of drug-likeness (QED) is 0.614. The molecule has 1 aliphatic rings. The summed E-state index contributed by atoms with van der Waals surface area (Å²) in [5.41, 5.74) is 1.80. The number of carboxylic acids is 1. The number of benzene rings is 1. The van der Waals surface area contributed by atoms with E-state index in [1.165, 1.54) is 6.08 Å². The topological polar surface area (TPSA) is 90.5 Å². The van der Waals surface area contributed by atoms with E-state index in [1.54, 1.807) is 13.1 Å². The molecule has 0 radical (unpaired) electrons. The van der Waals surface area contributed by atoms with Crippen molar-refractivity contribution in [3.63, 3.8) is 0 Å². The Morgan fingerprint density at radius 3 is 2.32 bits per heavy atom. The van der Waals surface area contributed by atoms with Crippen LogP contribution in [-0.2, 0) is 20.8 Å². The molecule has 150 valence electrons. The molecule has 6 nitrogen and oxygen atoms in total. The molecule has 1 fully saturated rings. The molecule has 2 heterocycles. The minimum Gasteiger partial charge on any atom is -0.480 e. The third-order valence-electron chi connectivity index (χ3n) is 4.22. The van der Waals surface area contributed by atoms with Crippen LogP contribution in [0, 0.1) is 0 Å². The third-order valence-corrected chi connectivity index (χ3v) is 4.22. The molecule has 0 aliphatic carbocycles. The zero-order chi connectivity index (χ0) is 21.4. The van der Waals surface area contributed by atoms with Crippen molar-refractivity contribution in [2.75, 3.05) is 0 Å². The molecule has 1 aromatic carbocycles. The number of imide groups is 1. The first-order valence-corrected chi connectivity index (χ1v) is 9.47. The molecule has 2 aromatic rings. The van der Waals surface area contributed by atoms with Gasteiger partial charge in [0.2, 0.25) is 0 Å². The SMILES string of the molecule is C=C1C(=O)N([C@@H](Cc2c[nH]c3ccccc23)C(=O)O)C(=O)/C1=C/C.CC.CC. The fourth-order valence-corrected chi connectivity index (χ4v) is 2.99. The van der Waals surface area contributed by atoms with Gasteiger partial charge in [0.1, 0.15) is 6.04 Å². The Hall–Kier alpha value is -3.15. The van der Waals surface area contributed by atoms with Gasteiger partial charge < -0.3 is 10.1 Å². The maximum atomic E-state index is 12.4. The number of nitrogens with zero attached hydrogens (tertiary/aromatic N) is 1. The van der Waals surface area contributed by atoms with E-state index in [9.17, 15) is 19.5 Å². The molecule has 1 atom stereocenters. The molecule has 1 saturated heterocycles. The minimum atomic E-state index is -1.28. The van der Waals surface area contributed by atoms with Crippen molar-refractivity contribution >= 4 is 28.7 Å². The molecule has 1 aliphatic heterocycles. The predicted octanol–water partition coefficient (Wildman–Crippen LogP) is 4.09. The second kappa shape index (κ2) is 10.3. The van der Waals surface area contributed by atoms with Gasteiger partial charge in [-0.15, -0.1) is 0 Å². The fraction of sp³-hybridized carbons (Fsp3) is 0.318. The van der Waals surface area contributed by atoms with E-state index < -0.39 is 23.8 Å². The molecule has 1 aromatic heterocycles. The standard InChI is InChI=1S/C18H16N2O4.2C2H6/c1-3-12-10(2)16(21)20(17(12)22)15(18(23)24)8-11-9-19-14-7-5-4-6-13(11)14;2*1-2/h3-7,9,15,19H,2,8H2,1H3,(H,23,24);2*1-2H3/b12-3+;;/t15-;;/m0../s1. The average molecular weight is 384 g/mol. The number of hydrogen-bond donors (Lipinski definition) is 2. The zero-order valence-corrected chi connectivity index (χ0v) is 17.1. The maximum Gasteiger partial charge on any atom is 0.327 e. The van der Waals surface area contributed by atoms with Gasteiger partial charge in [0, 0.05) is 34.7 Å². The van der Waals surface area contributed by atoms with Crippen LogP contribution in [0.15, 0.2) is 54.3 Å². The van der Waals surface area contributed by atoms with Crippen molar-refractivity contribution in [2.45, 2.75) is 47.1 Å². The first-order valence-electron chi connectivity index (χ1n) is 9.47. The molecule has 0 bridgehead atoms. The van der Waals surface area contributed by atoms with Crippen LogP contribution in [0.4, 0.5) is 0 Å². The summed E-state index contributed by atoms with van der Waals surface area (Å²) >= 11 is 0. The Bertz CT molecular complexity index is 908. The number of carbonyl (C=O) groups excluding carboxylic acids is 2. The van der Waals surface area contributed by atoms with E-state index in [0.717, 1.165) is 21.4 Å². The van der Waals surface area contributed by atoms with Crippen molar-refractivity contribution < 1.29 is 19.5 Å². The lowest BCUT2D eigenvalue weighted by Crippen LogP contribution is -2.46. The smallest absolute Gasteiger partial charge is 0.327 e. The normalized spacial score (nSPS) is 15.8. The van der Waals surface area contributed by atoms with E-state index in [2.05, 4.69) is 11.6 Å². The number of para-hydroxylation sites is 1. The number of H-pyrrole nitrogens is 1. The van der Waals surface area contributed by atoms with Crippen LogP contribution in [0.5, 0.6) is 0 Å². The van der Waals surface area contributed by atoms with E-state index in [-0.39, 0.29) is 17.6 Å². The molecule has 3 rings (SSSR count). The monoisotopic (exact) mass is 384 g/mol. The number of likely N-dealkylation sites (tertiary alicyclic amines) is 1. The van der Waals surface area contributed by atoms with Gasteiger partial charge in [0.15, 0.2) is 0 Å². The molecule has 0 spiro atoms. The highest BCUT2D eigenvalue weighted by Gasteiger charge is 2.44. The summed E-state index contributed by atoms with van der Waals surface area (Å²) in [6, 6.07) is 6.18. The number of aromatic nitrogens is 1. The van der Waals surface area contributed by atoms with Gasteiger partial charge in [0.25, 0.3) is 11.8 Å². The minimum absolute atomic E-state index is 0.0289. The lowest BCUT2D eigenvalue weighted by atomic mass is 10.0. The van der Waals surface area contributed by atoms with Gasteiger partial charge in [-0.25, -0.2) is 4.79 Å². The van der Waals surface area contributed by atoms with Crippen LogP contribution < -0.4 is 0 Å². The Morgan fingerprint density at radius 1 is 1.18 bits per heavy atom. The summed E-state index contributed by atoms with van der Waals surface area (Å²) < 4.78 is 0. The molecule has 6 heteroatoms. The number of hydrogen-bond acceptors (Lipinski definition) is 3. The lowest BCUT2D eigenvalue weighted by molar-refractivity contribution is -0.153. The highest BCUT2D eigenvalue weighted by atomic mass is 16.4. The van der Waals surface area contributed by atoms with Crippen molar-refractivity contribution in [1.29, 1.82) is 0 Å². The molecule has 0 unspecified atom stereocenters. The van der Waals surface area contributed by atoms with Crippen molar-refractivity contribution in [3.05, 3.63) is 59.8 Å². The number of carboxylic acid groups (broad SMARTS) is 1. The second-order valence-corrected chi connectivity index (χ2v) is 5.58. The van der Waals surface area contributed by atoms with Crippen LogP contribution >= 0.6 is 0 Å². The van der Waals surface area contributed by atoms with Crippen molar-refractivity contribution in [1.82, 2.24) is 9.88 Å². The molecule has 0 saturated carbocycles. The largest absolute Gasteiger partial charge is 0.480 e. The highest BCUT2D eigenvalue weighted by Crippen LogP contribution is 2.28. The van der Waals surface area contributed by atoms with E-state index in [4.69, 9.17) is 0 Å². The fourth-order valence-electron chi connectivity index (χ4n) is 2.99. The Labute approximate surface area is 165 Å². The van der Waals surface area contributed by atoms with Gasteiger partial charge in [0.05, 0.1) is 0 Å². The Kier molecular flexibility index (Phi) is 8.38. The predicted molar refractivity (Wildman–Crippen MR) is 111 cm³/mol. The van der Waals surface area contributed by atoms with E-state index >= 15 is 0 Å². The molecule has 2 N–H and O–H groups in total. The summed E-state index contributed by atoms with van der Waals surface area (Å²) in [5.74, 6) is -2.49. The number of fused-ring (bicyclic) bond motifs is 1. The molecule has 2 amide bonds. The van der Waals surface area contributed by atoms with Crippen molar-refractivity contribution in [2.24, 2.45) is 0 Å². The number of aromatic amines is 1. The summed E-state index contributed by atoms with van der Waals surface area (Å²) in [7, 11) is 0. The number of nitrogens with one attached hydrogen (secondary N) is 1. The first kappa shape index (κ1) is 22.9. The van der Waals surface area contributed by atoms with Crippen LogP contribution in [0.1, 0.15) is 40.2 Å². The van der Waals surface area contributed by atoms with E-state index in [1.807, 2.05) is 52.0 Å². The number of allylic oxidation sites excluding steroid dienone is 1. The van der Waals surface area contributed by atoms with Gasteiger partial charge in [-0.2, -0.15) is 0 Å². The zero-order valence-electron chi connectivity index (χ0n) is 17.1. The van der Waals surface area contributed by atoms with Crippen molar-refractivity contribution in [3.8, 4) is 0 Å². The first-order chi connectivity index (χ1) is 13.5. The molecule has 28 heavy (non-hydrogen) atoms. The lowest BCUT2D eigenvalue weighted by Gasteiger charge is -2.21. The van der Waals surface area contributed by atoms with Crippen LogP contribution in [0.2, 0.25) is 0 Å². The Balaban J connectivity index is 0.000000921. The Morgan fingerprint density at radius 2 is 1.79 bits per heavy atom. The van der Waals surface area contributed by atoms with Gasteiger partial charge in [-0.05, 0) is 18.6 Å². The number of rotatable bonds is 4.